The van der Waals surface area contributed by atoms with Crippen LogP contribution in [0.1, 0.15) is 57.1 Å². The summed E-state index contributed by atoms with van der Waals surface area (Å²) in [5.74, 6) is -1.88. The number of carboxylic acids is 1. The zero-order valence-electron chi connectivity index (χ0n) is 27.9. The Kier molecular flexibility index (Phi) is 17.5. The van der Waals surface area contributed by atoms with Crippen LogP contribution in [0.2, 0.25) is 10.3 Å². The maximum atomic E-state index is 14.3. The molecule has 280 valence electrons. The van der Waals surface area contributed by atoms with Crippen molar-refractivity contribution in [3.05, 3.63) is 44.0 Å². The molecule has 0 saturated carbocycles. The highest BCUT2D eigenvalue weighted by Gasteiger charge is 2.39. The van der Waals surface area contributed by atoms with Gasteiger partial charge in [-0.1, -0.05) is 11.6 Å². The smallest absolute Gasteiger partial charge is 0.434 e. The maximum Gasteiger partial charge on any atom is 0.434 e. The van der Waals surface area contributed by atoms with E-state index in [2.05, 4.69) is 46.6 Å². The van der Waals surface area contributed by atoms with Crippen LogP contribution in [0.3, 0.4) is 0 Å². The molecule has 0 fully saturated rings. The quantitative estimate of drug-likeness (QED) is 0.0776. The highest BCUT2D eigenvalue weighted by molar-refractivity contribution is 9.10. The first-order chi connectivity index (χ1) is 22.9. The van der Waals surface area contributed by atoms with Gasteiger partial charge in [-0.3, -0.25) is 14.0 Å². The average Bonchev–Trinajstić information content (AvgIpc) is 3.24. The average molecular weight is 840 g/mol. The molecule has 22 heteroatoms. The molecule has 14 nitrogen and oxygen atoms in total. The minimum atomic E-state index is -4.69. The highest BCUT2D eigenvalue weighted by atomic mass is 79.9. The Balaban J connectivity index is 0.000000421. The van der Waals surface area contributed by atoms with Crippen molar-refractivity contribution >= 4 is 70.3 Å². The number of halogens is 7. The Morgan fingerprint density at radius 1 is 1.14 bits per heavy atom. The number of aliphatic carboxylic acids is 1. The lowest BCUT2D eigenvalue weighted by atomic mass is 10.1. The number of esters is 1. The molecule has 50 heavy (non-hydrogen) atoms. The van der Waals surface area contributed by atoms with Gasteiger partial charge in [-0.25, -0.2) is 9.18 Å². The summed E-state index contributed by atoms with van der Waals surface area (Å²) in [6.45, 7) is 11.1. The van der Waals surface area contributed by atoms with Gasteiger partial charge in [0, 0.05) is 38.0 Å². The number of aryl methyl sites for hydroxylation is 1. The van der Waals surface area contributed by atoms with Crippen LogP contribution in [0.5, 0.6) is 0 Å². The Labute approximate surface area is 304 Å². The standard InChI is InChI=1S/C15H12BrClF4N2O2.C8H14ClN5.C5H12NO4P/c1-6(2)25-14(24)7-4-8(10(18)5-9(7)17)12-11(16)13(15(19,20)21)23(3)22-12;1-4-10-7-12-6(9)13-8(14-7)11-5(2)3;1-11(9,10)3-2-4(6)5(7)8/h4-6H,1-3H3;5H,4H2,1-3H3,(H2,10,11,12,13,14);4H,2-3,6H2,1H3,(H,7,8)(H,9,10). The highest BCUT2D eigenvalue weighted by Crippen LogP contribution is 2.41. The van der Waals surface area contributed by atoms with Crippen molar-refractivity contribution in [1.29, 1.82) is 0 Å². The number of carboxylic acid groups (broad SMARTS) is 1. The molecule has 0 aliphatic rings. The lowest BCUT2D eigenvalue weighted by Crippen LogP contribution is -2.30. The van der Waals surface area contributed by atoms with E-state index in [-0.39, 0.29) is 45.8 Å². The maximum absolute atomic E-state index is 14.3. The molecule has 2 heterocycles. The molecule has 0 amide bonds. The summed E-state index contributed by atoms with van der Waals surface area (Å²) >= 11 is 14.4. The number of ether oxygens (including phenoxy) is 1. The number of nitrogens with zero attached hydrogens (tertiary/aromatic N) is 5. The van der Waals surface area contributed by atoms with E-state index in [0.717, 1.165) is 25.7 Å². The molecule has 0 spiro atoms. The van der Waals surface area contributed by atoms with Crippen LogP contribution in [0.25, 0.3) is 11.3 Å². The first kappa shape index (κ1) is 44.9. The van der Waals surface area contributed by atoms with Crippen LogP contribution in [0.15, 0.2) is 16.6 Å². The van der Waals surface area contributed by atoms with Gasteiger partial charge in [0.05, 0.1) is 21.2 Å². The summed E-state index contributed by atoms with van der Waals surface area (Å²) in [4.78, 5) is 42.9. The number of benzene rings is 1. The molecule has 2 aromatic heterocycles. The van der Waals surface area contributed by atoms with Crippen LogP contribution >= 0.6 is 46.5 Å². The summed E-state index contributed by atoms with van der Waals surface area (Å²) < 4.78 is 69.3. The van der Waals surface area contributed by atoms with Crippen molar-refractivity contribution in [1.82, 2.24) is 24.7 Å². The first-order valence-electron chi connectivity index (χ1n) is 14.6. The Bertz CT molecular complexity index is 1680. The van der Waals surface area contributed by atoms with E-state index >= 15 is 0 Å². The SMILES string of the molecule is CC(C)OC(=O)c1cc(-c2nn(C)c(C(F)(F)F)c2Br)c(F)cc1Cl.CCNc1nc(Cl)nc(NC(C)C)n1.CP(=O)(O)CCC(N)C(=O)O. The second-order valence-corrected chi connectivity index (χ2v) is 15.1. The normalized spacial score (nSPS) is 13.0. The van der Waals surface area contributed by atoms with Crippen LogP contribution < -0.4 is 16.4 Å². The predicted octanol–water partition coefficient (Wildman–Crippen LogP) is 6.69. The van der Waals surface area contributed by atoms with Crippen molar-refractivity contribution in [3.8, 4) is 11.3 Å². The lowest BCUT2D eigenvalue weighted by Gasteiger charge is -2.11. The summed E-state index contributed by atoms with van der Waals surface area (Å²) in [6, 6.07) is 1.09. The Morgan fingerprint density at radius 3 is 2.18 bits per heavy atom. The molecule has 0 aliphatic carbocycles. The van der Waals surface area contributed by atoms with Crippen LogP contribution in [-0.2, 0) is 27.3 Å². The minimum Gasteiger partial charge on any atom is -0.480 e. The second kappa shape index (κ2) is 19.5. The molecule has 3 rings (SSSR count). The third-order valence-electron chi connectivity index (χ3n) is 5.67. The first-order valence-corrected chi connectivity index (χ1v) is 18.4. The van der Waals surface area contributed by atoms with Crippen LogP contribution in [0, 0.1) is 5.82 Å². The fourth-order valence-electron chi connectivity index (χ4n) is 3.55. The van der Waals surface area contributed by atoms with Crippen molar-refractivity contribution in [2.24, 2.45) is 12.8 Å². The van der Waals surface area contributed by atoms with E-state index in [0.29, 0.717) is 16.6 Å². The van der Waals surface area contributed by atoms with Crippen molar-refractivity contribution in [2.75, 3.05) is 30.0 Å². The van der Waals surface area contributed by atoms with Gasteiger partial charge in [0.1, 0.15) is 17.6 Å². The summed E-state index contributed by atoms with van der Waals surface area (Å²) in [6.07, 6.45) is -5.14. The molecule has 0 aliphatic heterocycles. The largest absolute Gasteiger partial charge is 0.480 e. The van der Waals surface area contributed by atoms with E-state index in [4.69, 9.17) is 43.7 Å². The van der Waals surface area contributed by atoms with E-state index in [9.17, 15) is 31.7 Å². The number of aromatic nitrogens is 5. The van der Waals surface area contributed by atoms with Crippen molar-refractivity contribution in [3.63, 3.8) is 0 Å². The van der Waals surface area contributed by atoms with Gasteiger partial charge < -0.3 is 31.1 Å². The summed E-state index contributed by atoms with van der Waals surface area (Å²) in [5.41, 5.74) is 3.23. The number of nitrogens with two attached hydrogens (primary N) is 1. The van der Waals surface area contributed by atoms with Gasteiger partial charge in [-0.05, 0) is 80.7 Å². The third kappa shape index (κ3) is 15.0. The molecule has 2 atom stereocenters. The molecule has 1 aromatic carbocycles. The van der Waals surface area contributed by atoms with Gasteiger partial charge in [0.25, 0.3) is 0 Å². The van der Waals surface area contributed by atoms with E-state index in [1.807, 2.05) is 20.8 Å². The molecule has 0 saturated heterocycles. The number of carbonyl (C=O) groups is 2. The number of anilines is 2. The molecular formula is C28H38BrCl2F4N8O6P. The molecule has 0 bridgehead atoms. The van der Waals surface area contributed by atoms with Gasteiger partial charge in [-0.2, -0.15) is 33.2 Å². The lowest BCUT2D eigenvalue weighted by molar-refractivity contribution is -0.144. The molecule has 0 radical (unpaired) electrons. The molecule has 6 N–H and O–H groups in total. The second-order valence-electron chi connectivity index (χ2n) is 11.0. The topological polar surface area (TPSA) is 207 Å². The summed E-state index contributed by atoms with van der Waals surface area (Å²) in [7, 11) is -2.02. The van der Waals surface area contributed by atoms with Crippen LogP contribution in [0.4, 0.5) is 29.5 Å². The number of alkyl halides is 3. The molecule has 2 unspecified atom stereocenters. The third-order valence-corrected chi connectivity index (χ3v) is 7.99. The number of hydrogen-bond acceptors (Lipinski definition) is 11. The number of hydrogen-bond donors (Lipinski definition) is 5. The summed E-state index contributed by atoms with van der Waals surface area (Å²) in [5, 5.41) is 18.0. The van der Waals surface area contributed by atoms with Crippen molar-refractivity contribution in [2.45, 2.75) is 65.4 Å². The van der Waals surface area contributed by atoms with E-state index in [1.54, 1.807) is 13.8 Å². The zero-order valence-corrected chi connectivity index (χ0v) is 31.9. The Morgan fingerprint density at radius 2 is 1.72 bits per heavy atom. The van der Waals surface area contributed by atoms with Gasteiger partial charge in [0.2, 0.25) is 17.2 Å². The molecular weight excluding hydrogens is 802 g/mol. The van der Waals surface area contributed by atoms with Gasteiger partial charge in [0.15, 0.2) is 13.1 Å². The number of rotatable bonds is 11. The van der Waals surface area contributed by atoms with Gasteiger partial charge >= 0.3 is 18.1 Å². The zero-order chi connectivity index (χ0) is 38.7. The predicted molar refractivity (Wildman–Crippen MR) is 185 cm³/mol. The monoisotopic (exact) mass is 838 g/mol. The number of carbonyl (C=O) groups excluding carboxylic acids is 1. The Hall–Kier alpha value is -3.09. The fraction of sp³-hybridized carbons (Fsp3) is 0.500. The number of nitrogens with one attached hydrogen (secondary N) is 2. The van der Waals surface area contributed by atoms with Crippen molar-refractivity contribution < 1.29 is 46.5 Å². The van der Waals surface area contributed by atoms with Crippen LogP contribution in [-0.4, -0.2) is 84.2 Å². The van der Waals surface area contributed by atoms with E-state index in [1.165, 1.54) is 6.66 Å². The fourth-order valence-corrected chi connectivity index (χ4v) is 5.47. The molecule has 3 aromatic rings. The minimum absolute atomic E-state index is 0.0412. The van der Waals surface area contributed by atoms with Gasteiger partial charge in [-0.15, -0.1) is 0 Å². The van der Waals surface area contributed by atoms with E-state index < -0.39 is 53.6 Å².